The number of likely N-dealkylation sites (tertiary alicyclic amines) is 1. The molecule has 1 saturated heterocycles. The molecule has 0 aliphatic carbocycles. The third-order valence-electron chi connectivity index (χ3n) is 5.35. The van der Waals surface area contributed by atoms with Crippen molar-refractivity contribution in [3.63, 3.8) is 0 Å². The molecule has 29 heavy (non-hydrogen) atoms. The summed E-state index contributed by atoms with van der Waals surface area (Å²) in [4.78, 5) is 20.1. The molecule has 154 valence electrons. The Morgan fingerprint density at radius 2 is 1.86 bits per heavy atom. The van der Waals surface area contributed by atoms with Crippen LogP contribution < -0.4 is 5.73 Å². The molecule has 0 spiro atoms. The highest BCUT2D eigenvalue weighted by Crippen LogP contribution is 2.32. The van der Waals surface area contributed by atoms with E-state index in [9.17, 15) is 4.79 Å². The molecule has 4 rings (SSSR count). The number of nitrogens with zero attached hydrogens (tertiary/aromatic N) is 2. The molecule has 2 N–H and O–H groups in total. The summed E-state index contributed by atoms with van der Waals surface area (Å²) in [5.74, 6) is 0.394. The Hall–Kier alpha value is -1.85. The maximum absolute atomic E-state index is 13.4. The van der Waals surface area contributed by atoms with Crippen molar-refractivity contribution in [2.24, 2.45) is 11.7 Å². The fraction of sp³-hybridized carbons (Fsp3) is 0.273. The number of carbonyl (C=O) groups is 1. The number of amides is 1. The van der Waals surface area contributed by atoms with Gasteiger partial charge in [-0.05, 0) is 44.0 Å². The quantitative estimate of drug-likeness (QED) is 0.593. The summed E-state index contributed by atoms with van der Waals surface area (Å²) in [5.41, 5.74) is 8.84. The Morgan fingerprint density at radius 3 is 2.55 bits per heavy atom. The molecule has 1 fully saturated rings. The minimum Gasteiger partial charge on any atom is -0.336 e. The van der Waals surface area contributed by atoms with Gasteiger partial charge in [-0.2, -0.15) is 0 Å². The summed E-state index contributed by atoms with van der Waals surface area (Å²) >= 11 is 6.38. The Morgan fingerprint density at radius 1 is 1.17 bits per heavy atom. The summed E-state index contributed by atoms with van der Waals surface area (Å²) in [6.45, 7) is 3.40. The van der Waals surface area contributed by atoms with Crippen molar-refractivity contribution in [3.05, 3.63) is 65.2 Å². The molecule has 1 aromatic heterocycles. The maximum Gasteiger partial charge on any atom is 0.254 e. The van der Waals surface area contributed by atoms with Gasteiger partial charge in [0.25, 0.3) is 5.91 Å². The standard InChI is InChI=1S/C22H22ClN3O.2ClH/c1-14-10-15(12-24)13-26(14)22(27)18-11-21(17-7-2-4-8-19(17)23)25-20-9-5-3-6-16(18)20;;/h2-9,11,14-15H,10,12-13,24H2,1H3;2*1H. The highest BCUT2D eigenvalue weighted by molar-refractivity contribution is 6.33. The van der Waals surface area contributed by atoms with Gasteiger partial charge in [-0.1, -0.05) is 48.0 Å². The molecule has 7 heteroatoms. The van der Waals surface area contributed by atoms with Crippen LogP contribution in [0.4, 0.5) is 0 Å². The first kappa shape index (κ1) is 23.4. The van der Waals surface area contributed by atoms with Crippen LogP contribution in [0.15, 0.2) is 54.6 Å². The summed E-state index contributed by atoms with van der Waals surface area (Å²) < 4.78 is 0. The van der Waals surface area contributed by atoms with E-state index < -0.39 is 0 Å². The Labute approximate surface area is 188 Å². The second-order valence-corrected chi connectivity index (χ2v) is 7.60. The first-order valence-electron chi connectivity index (χ1n) is 9.24. The highest BCUT2D eigenvalue weighted by atomic mass is 35.5. The van der Waals surface area contributed by atoms with E-state index >= 15 is 0 Å². The number of aromatic nitrogens is 1. The molecular formula is C22H24Cl3N3O. The van der Waals surface area contributed by atoms with Crippen LogP contribution in [0.3, 0.4) is 0 Å². The molecule has 0 bridgehead atoms. The summed E-state index contributed by atoms with van der Waals surface area (Å²) in [5, 5.41) is 1.48. The van der Waals surface area contributed by atoms with Crippen molar-refractivity contribution in [1.82, 2.24) is 9.88 Å². The van der Waals surface area contributed by atoms with Crippen LogP contribution in [-0.2, 0) is 0 Å². The predicted molar refractivity (Wildman–Crippen MR) is 124 cm³/mol. The van der Waals surface area contributed by atoms with Gasteiger partial charge in [0.2, 0.25) is 0 Å². The number of carbonyl (C=O) groups excluding carboxylic acids is 1. The summed E-state index contributed by atoms with van der Waals surface area (Å²) in [7, 11) is 0. The molecule has 2 heterocycles. The van der Waals surface area contributed by atoms with Gasteiger partial charge >= 0.3 is 0 Å². The van der Waals surface area contributed by atoms with E-state index in [1.807, 2.05) is 59.5 Å². The molecule has 1 amide bonds. The molecule has 2 unspecified atom stereocenters. The molecular weight excluding hydrogens is 429 g/mol. The van der Waals surface area contributed by atoms with Crippen molar-refractivity contribution in [2.75, 3.05) is 13.1 Å². The van der Waals surface area contributed by atoms with E-state index in [-0.39, 0.29) is 36.8 Å². The van der Waals surface area contributed by atoms with E-state index in [1.54, 1.807) is 0 Å². The van der Waals surface area contributed by atoms with E-state index in [1.165, 1.54) is 0 Å². The fourth-order valence-electron chi connectivity index (χ4n) is 3.91. The van der Waals surface area contributed by atoms with Crippen molar-refractivity contribution in [1.29, 1.82) is 0 Å². The SMILES string of the molecule is CC1CC(CN)CN1C(=O)c1cc(-c2ccccc2Cl)nc2ccccc12.Cl.Cl. The van der Waals surface area contributed by atoms with E-state index in [4.69, 9.17) is 22.3 Å². The van der Waals surface area contributed by atoms with E-state index in [2.05, 4.69) is 6.92 Å². The summed E-state index contributed by atoms with van der Waals surface area (Å²) in [6.07, 6.45) is 0.947. The van der Waals surface area contributed by atoms with E-state index in [0.29, 0.717) is 35.3 Å². The second-order valence-electron chi connectivity index (χ2n) is 7.20. The first-order chi connectivity index (χ1) is 13.1. The largest absolute Gasteiger partial charge is 0.336 e. The van der Waals surface area contributed by atoms with Crippen LogP contribution in [0.25, 0.3) is 22.2 Å². The lowest BCUT2D eigenvalue weighted by atomic mass is 10.0. The van der Waals surface area contributed by atoms with Crippen LogP contribution in [-0.4, -0.2) is 34.9 Å². The monoisotopic (exact) mass is 451 g/mol. The van der Waals surface area contributed by atoms with Crippen molar-refractivity contribution in [3.8, 4) is 11.3 Å². The minimum atomic E-state index is 0. The molecule has 3 aromatic rings. The zero-order valence-electron chi connectivity index (χ0n) is 16.0. The number of benzene rings is 2. The number of hydrogen-bond acceptors (Lipinski definition) is 3. The van der Waals surface area contributed by atoms with Gasteiger partial charge in [0, 0.05) is 28.6 Å². The Kier molecular flexibility index (Phi) is 7.89. The van der Waals surface area contributed by atoms with Gasteiger partial charge in [-0.25, -0.2) is 4.98 Å². The van der Waals surface area contributed by atoms with Gasteiger partial charge in [0.1, 0.15) is 0 Å². The van der Waals surface area contributed by atoms with Gasteiger partial charge in [-0.3, -0.25) is 4.79 Å². The minimum absolute atomic E-state index is 0. The first-order valence-corrected chi connectivity index (χ1v) is 9.62. The lowest BCUT2D eigenvalue weighted by molar-refractivity contribution is 0.0745. The number of halogens is 3. The highest BCUT2D eigenvalue weighted by Gasteiger charge is 2.33. The lowest BCUT2D eigenvalue weighted by Crippen LogP contribution is -2.34. The van der Waals surface area contributed by atoms with Gasteiger partial charge in [0.05, 0.1) is 16.8 Å². The zero-order chi connectivity index (χ0) is 19.0. The molecule has 0 radical (unpaired) electrons. The normalized spacial score (nSPS) is 18.2. The predicted octanol–water partition coefficient (Wildman–Crippen LogP) is 5.21. The average molecular weight is 453 g/mol. The topological polar surface area (TPSA) is 59.2 Å². The zero-order valence-corrected chi connectivity index (χ0v) is 18.4. The number of nitrogens with two attached hydrogens (primary N) is 1. The smallest absolute Gasteiger partial charge is 0.254 e. The number of hydrogen-bond donors (Lipinski definition) is 1. The van der Waals surface area contributed by atoms with Gasteiger partial charge in [-0.15, -0.1) is 24.8 Å². The van der Waals surface area contributed by atoms with Crippen LogP contribution in [0.1, 0.15) is 23.7 Å². The van der Waals surface area contributed by atoms with Crippen LogP contribution in [0, 0.1) is 5.92 Å². The molecule has 0 saturated carbocycles. The second kappa shape index (κ2) is 9.77. The van der Waals surface area contributed by atoms with Gasteiger partial charge < -0.3 is 10.6 Å². The van der Waals surface area contributed by atoms with Crippen molar-refractivity contribution < 1.29 is 4.79 Å². The number of para-hydroxylation sites is 1. The van der Waals surface area contributed by atoms with E-state index in [0.717, 1.165) is 22.9 Å². The van der Waals surface area contributed by atoms with Gasteiger partial charge in [0.15, 0.2) is 0 Å². The van der Waals surface area contributed by atoms with Crippen LogP contribution in [0.5, 0.6) is 0 Å². The van der Waals surface area contributed by atoms with Crippen molar-refractivity contribution >= 4 is 53.2 Å². The summed E-state index contributed by atoms with van der Waals surface area (Å²) in [6, 6.07) is 17.4. The molecule has 4 nitrogen and oxygen atoms in total. The Balaban J connectivity index is 0.00000150. The third-order valence-corrected chi connectivity index (χ3v) is 5.68. The molecule has 1 aliphatic rings. The van der Waals surface area contributed by atoms with Crippen LogP contribution in [0.2, 0.25) is 5.02 Å². The van der Waals surface area contributed by atoms with Crippen molar-refractivity contribution in [2.45, 2.75) is 19.4 Å². The molecule has 1 aliphatic heterocycles. The third kappa shape index (κ3) is 4.51. The average Bonchev–Trinajstić information content (AvgIpc) is 3.08. The number of fused-ring (bicyclic) bond motifs is 1. The lowest BCUT2D eigenvalue weighted by Gasteiger charge is -2.23. The maximum atomic E-state index is 13.4. The fourth-order valence-corrected chi connectivity index (χ4v) is 4.14. The molecule has 2 aromatic carbocycles. The molecule has 2 atom stereocenters. The Bertz CT molecular complexity index is 1010. The number of pyridine rings is 1. The van der Waals surface area contributed by atoms with Crippen LogP contribution >= 0.6 is 36.4 Å². The number of rotatable bonds is 3.